The molecular weight excluding hydrogens is 582 g/mol. The monoisotopic (exact) mass is 621 g/mol. The molecule has 3 amide bonds. The maximum Gasteiger partial charge on any atom is 0.251 e. The van der Waals surface area contributed by atoms with Crippen molar-refractivity contribution in [3.05, 3.63) is 103 Å². The number of carbonyl (C=O) groups excluding carboxylic acids is 3. The summed E-state index contributed by atoms with van der Waals surface area (Å²) in [7, 11) is 0. The number of benzene rings is 3. The van der Waals surface area contributed by atoms with E-state index in [0.29, 0.717) is 39.0 Å². The number of aliphatic hydroxyl groups excluding tert-OH is 1. The molecule has 2 saturated heterocycles. The van der Waals surface area contributed by atoms with Crippen LogP contribution < -0.4 is 4.90 Å². The molecule has 4 heterocycles. The maximum atomic E-state index is 14.8. The highest BCUT2D eigenvalue weighted by molar-refractivity contribution is 8.02. The van der Waals surface area contributed by atoms with E-state index in [0.717, 1.165) is 28.4 Å². The molecule has 45 heavy (non-hydrogen) atoms. The Hall–Kier alpha value is -3.88. The Morgan fingerprint density at radius 1 is 0.800 bits per heavy atom. The van der Waals surface area contributed by atoms with Crippen LogP contribution in [0.25, 0.3) is 10.8 Å². The molecule has 7 nitrogen and oxygen atoms in total. The van der Waals surface area contributed by atoms with Gasteiger partial charge in [-0.05, 0) is 54.7 Å². The van der Waals surface area contributed by atoms with E-state index in [9.17, 15) is 19.5 Å². The van der Waals surface area contributed by atoms with Gasteiger partial charge >= 0.3 is 0 Å². The zero-order valence-electron chi connectivity index (χ0n) is 25.5. The van der Waals surface area contributed by atoms with Crippen LogP contribution in [0.1, 0.15) is 31.7 Å². The van der Waals surface area contributed by atoms with Gasteiger partial charge in [0.15, 0.2) is 0 Å². The lowest BCUT2D eigenvalue weighted by atomic mass is 9.74. The number of nitrogens with zero attached hydrogens (tertiary/aromatic N) is 3. The second kappa shape index (κ2) is 11.8. The molecule has 0 aromatic heterocycles. The number of amides is 3. The fourth-order valence-electron chi connectivity index (χ4n) is 7.90. The van der Waals surface area contributed by atoms with Gasteiger partial charge in [0, 0.05) is 43.2 Å². The molecule has 0 saturated carbocycles. The van der Waals surface area contributed by atoms with E-state index in [4.69, 9.17) is 0 Å². The zero-order chi connectivity index (χ0) is 31.2. The Morgan fingerprint density at radius 2 is 1.56 bits per heavy atom. The van der Waals surface area contributed by atoms with E-state index in [2.05, 4.69) is 31.2 Å². The first-order chi connectivity index (χ1) is 21.9. The smallest absolute Gasteiger partial charge is 0.251 e. The zero-order valence-corrected chi connectivity index (χ0v) is 26.4. The molecule has 5 atom stereocenters. The van der Waals surface area contributed by atoms with Crippen LogP contribution >= 0.6 is 11.8 Å². The second-order valence-electron chi connectivity index (χ2n) is 12.8. The topological polar surface area (TPSA) is 81.2 Å². The standard InChI is InChI=1S/C37H39N3O4S/c1-36-18-10-20-38(25-26-12-4-2-5-13-26)33(42)30(36)31-34(43)40(21-8-3-9-23-41)32-35(44)39(22-11-19-37(31,32)45-36)29-17-16-27-14-6-7-15-28(27)24-29/h2,4-7,10-19,24,30-32,41H,3,8-9,20-23,25H2,1H3/t30-,31-,32?,36+,37-/m0/s1. The van der Waals surface area contributed by atoms with Crippen molar-refractivity contribution in [2.45, 2.75) is 48.3 Å². The number of likely N-dealkylation sites (tertiary alicyclic amines) is 1. The Bertz CT molecular complexity index is 1690. The van der Waals surface area contributed by atoms with Crippen molar-refractivity contribution >= 4 is 45.9 Å². The molecule has 3 aromatic rings. The van der Waals surface area contributed by atoms with Crippen LogP contribution in [0.15, 0.2) is 97.1 Å². The minimum absolute atomic E-state index is 0.0357. The van der Waals surface area contributed by atoms with Crippen molar-refractivity contribution in [1.82, 2.24) is 9.80 Å². The normalized spacial score (nSPS) is 29.2. The molecule has 8 heteroatoms. The fraction of sp³-hybridized carbons (Fsp3) is 0.378. The molecule has 1 spiro atoms. The van der Waals surface area contributed by atoms with Crippen molar-refractivity contribution in [2.24, 2.45) is 11.8 Å². The Morgan fingerprint density at radius 3 is 2.36 bits per heavy atom. The van der Waals surface area contributed by atoms with Gasteiger partial charge in [-0.15, -0.1) is 11.8 Å². The summed E-state index contributed by atoms with van der Waals surface area (Å²) < 4.78 is -1.53. The van der Waals surface area contributed by atoms with Crippen molar-refractivity contribution < 1.29 is 19.5 Å². The minimum Gasteiger partial charge on any atom is -0.396 e. The van der Waals surface area contributed by atoms with Gasteiger partial charge in [-0.3, -0.25) is 14.4 Å². The summed E-state index contributed by atoms with van der Waals surface area (Å²) >= 11 is 1.62. The van der Waals surface area contributed by atoms with Crippen LogP contribution in [0.4, 0.5) is 5.69 Å². The molecule has 0 aliphatic carbocycles. The lowest BCUT2D eigenvalue weighted by Gasteiger charge is -2.37. The Labute approximate surface area is 268 Å². The van der Waals surface area contributed by atoms with E-state index in [-0.39, 0.29) is 24.3 Å². The van der Waals surface area contributed by atoms with Crippen LogP contribution in [0.2, 0.25) is 0 Å². The average molecular weight is 622 g/mol. The Balaban J connectivity index is 1.29. The summed E-state index contributed by atoms with van der Waals surface area (Å²) in [5, 5.41) is 11.5. The van der Waals surface area contributed by atoms with Gasteiger partial charge in [0.25, 0.3) is 5.91 Å². The number of carbonyl (C=O) groups is 3. The highest BCUT2D eigenvalue weighted by atomic mass is 32.2. The van der Waals surface area contributed by atoms with Gasteiger partial charge < -0.3 is 19.8 Å². The molecule has 232 valence electrons. The van der Waals surface area contributed by atoms with Gasteiger partial charge in [-0.2, -0.15) is 0 Å². The summed E-state index contributed by atoms with van der Waals surface area (Å²) in [6.45, 7) is 3.90. The lowest BCUT2D eigenvalue weighted by molar-refractivity contribution is -0.144. The lowest BCUT2D eigenvalue weighted by Crippen LogP contribution is -2.53. The van der Waals surface area contributed by atoms with Crippen LogP contribution in [0.5, 0.6) is 0 Å². The summed E-state index contributed by atoms with van der Waals surface area (Å²) in [6, 6.07) is 23.3. The molecule has 7 rings (SSSR count). The first kappa shape index (κ1) is 29.8. The summed E-state index contributed by atoms with van der Waals surface area (Å²) in [5.74, 6) is -1.54. The van der Waals surface area contributed by atoms with Crippen molar-refractivity contribution in [3.63, 3.8) is 0 Å². The number of rotatable bonds is 8. The SMILES string of the molecule is C[C@@]12C=CCN(Cc3ccccc3)C(=O)[C@@H]1[C@H]1C(=O)N(CCCCCO)C3C(=O)N(c4ccc5ccccc5c4)CC=C[C@@]31S2. The summed E-state index contributed by atoms with van der Waals surface area (Å²) in [4.78, 5) is 49.5. The van der Waals surface area contributed by atoms with Gasteiger partial charge in [-0.25, -0.2) is 0 Å². The largest absolute Gasteiger partial charge is 0.396 e. The second-order valence-corrected chi connectivity index (χ2v) is 14.6. The Kier molecular flexibility index (Phi) is 7.82. The van der Waals surface area contributed by atoms with E-state index in [1.54, 1.807) is 21.6 Å². The molecule has 1 unspecified atom stereocenters. The number of aliphatic hydroxyl groups is 1. The average Bonchev–Trinajstić information content (AvgIpc) is 3.31. The summed E-state index contributed by atoms with van der Waals surface area (Å²) in [5.41, 5.74) is 1.84. The molecule has 1 N–H and O–H groups in total. The number of hydrogen-bond donors (Lipinski definition) is 1. The molecule has 3 aromatic carbocycles. The van der Waals surface area contributed by atoms with E-state index >= 15 is 0 Å². The van der Waals surface area contributed by atoms with Gasteiger partial charge in [-0.1, -0.05) is 85.0 Å². The van der Waals surface area contributed by atoms with Crippen LogP contribution in [0, 0.1) is 11.8 Å². The number of thioether (sulfide) groups is 1. The first-order valence-corrected chi connectivity index (χ1v) is 16.8. The van der Waals surface area contributed by atoms with Gasteiger partial charge in [0.05, 0.1) is 16.6 Å². The quantitative estimate of drug-likeness (QED) is 0.277. The van der Waals surface area contributed by atoms with Crippen LogP contribution in [0.3, 0.4) is 0 Å². The third kappa shape index (κ3) is 4.99. The molecule has 4 aliphatic rings. The molecule has 2 fully saturated rings. The van der Waals surface area contributed by atoms with E-state index in [1.807, 2.05) is 77.7 Å². The number of hydrogen-bond acceptors (Lipinski definition) is 5. The van der Waals surface area contributed by atoms with Gasteiger partial charge in [0.2, 0.25) is 11.8 Å². The number of unbranched alkanes of at least 4 members (excludes halogenated alkanes) is 2. The number of fused-ring (bicyclic) bond motifs is 3. The molecule has 4 aliphatic heterocycles. The van der Waals surface area contributed by atoms with Crippen LogP contribution in [-0.4, -0.2) is 74.4 Å². The third-order valence-electron chi connectivity index (χ3n) is 9.96. The predicted octanol–water partition coefficient (Wildman–Crippen LogP) is 5.19. The highest BCUT2D eigenvalue weighted by Crippen LogP contribution is 2.65. The van der Waals surface area contributed by atoms with E-state index in [1.165, 1.54) is 0 Å². The molecule has 0 bridgehead atoms. The van der Waals surface area contributed by atoms with Crippen LogP contribution in [-0.2, 0) is 20.9 Å². The molecule has 0 radical (unpaired) electrons. The molecular formula is C37H39N3O4S. The minimum atomic E-state index is -0.883. The van der Waals surface area contributed by atoms with Crippen molar-refractivity contribution in [3.8, 4) is 0 Å². The van der Waals surface area contributed by atoms with E-state index < -0.39 is 27.4 Å². The van der Waals surface area contributed by atoms with Gasteiger partial charge in [0.1, 0.15) is 6.04 Å². The number of anilines is 1. The fourth-order valence-corrected chi connectivity index (χ4v) is 10.1. The maximum absolute atomic E-state index is 14.8. The van der Waals surface area contributed by atoms with Crippen molar-refractivity contribution in [2.75, 3.05) is 31.1 Å². The predicted molar refractivity (Wildman–Crippen MR) is 179 cm³/mol. The highest BCUT2D eigenvalue weighted by Gasteiger charge is 2.73. The third-order valence-corrected chi connectivity index (χ3v) is 11.8. The summed E-state index contributed by atoms with van der Waals surface area (Å²) in [6.07, 6.45) is 10.4. The van der Waals surface area contributed by atoms with Crippen molar-refractivity contribution in [1.29, 1.82) is 0 Å². The first-order valence-electron chi connectivity index (χ1n) is 16.0.